The van der Waals surface area contributed by atoms with Crippen molar-refractivity contribution in [2.45, 2.75) is 32.4 Å². The summed E-state index contributed by atoms with van der Waals surface area (Å²) in [6, 6.07) is 14.9. The second-order valence-electron chi connectivity index (χ2n) is 8.95. The van der Waals surface area contributed by atoms with Crippen LogP contribution in [0.4, 0.5) is 23.4 Å². The minimum atomic E-state index is -4.67. The van der Waals surface area contributed by atoms with Gasteiger partial charge in [0.05, 0.1) is 17.3 Å². The standard InChI is InChI=1S/C27H22F4N4O2S/c1-3-34-24-22(15(2)33-35(24)18-7-5-4-6-8-18)23(16-9-11-17(28)12-10-16)19(25(34)37)13-21(36)20-14-38-26(32-20)27(29,30)31/h4-12,14,19,23H,3,13H2,1-2H3/t19-,23+/m0/s1. The van der Waals surface area contributed by atoms with E-state index in [1.54, 1.807) is 35.6 Å². The maximum absolute atomic E-state index is 14.0. The van der Waals surface area contributed by atoms with Gasteiger partial charge in [0.2, 0.25) is 5.91 Å². The number of carbonyl (C=O) groups excluding carboxylic acids is 2. The van der Waals surface area contributed by atoms with Gasteiger partial charge in [-0.15, -0.1) is 11.3 Å². The SMILES string of the molecule is CCN1C(=O)[C@@H](CC(=O)c2csc(C(F)(F)F)n2)[C@@H](c2ccc(F)cc2)c2c(C)nn(-c3ccccc3)c21. The molecule has 0 aliphatic carbocycles. The molecule has 0 unspecified atom stereocenters. The normalized spacial score (nSPS) is 17.5. The van der Waals surface area contributed by atoms with Crippen molar-refractivity contribution in [2.24, 2.45) is 5.92 Å². The first-order chi connectivity index (χ1) is 18.1. The predicted molar refractivity (Wildman–Crippen MR) is 134 cm³/mol. The van der Waals surface area contributed by atoms with Gasteiger partial charge in [0.15, 0.2) is 10.8 Å². The highest BCUT2D eigenvalue weighted by molar-refractivity contribution is 7.10. The van der Waals surface area contributed by atoms with Crippen LogP contribution in [0.5, 0.6) is 0 Å². The van der Waals surface area contributed by atoms with Gasteiger partial charge in [-0.2, -0.15) is 18.3 Å². The zero-order chi connectivity index (χ0) is 27.2. The van der Waals surface area contributed by atoms with Gasteiger partial charge in [-0.1, -0.05) is 30.3 Å². The molecule has 5 rings (SSSR count). The molecule has 3 heterocycles. The molecule has 2 aromatic heterocycles. The van der Waals surface area contributed by atoms with E-state index in [4.69, 9.17) is 5.10 Å². The molecule has 0 saturated carbocycles. The Labute approximate surface area is 219 Å². The topological polar surface area (TPSA) is 68.1 Å². The van der Waals surface area contributed by atoms with Crippen LogP contribution in [0.1, 0.15) is 51.6 Å². The summed E-state index contributed by atoms with van der Waals surface area (Å²) in [5.41, 5.74) is 2.32. The van der Waals surface area contributed by atoms with Crippen molar-refractivity contribution in [3.05, 3.63) is 93.3 Å². The lowest BCUT2D eigenvalue weighted by atomic mass is 9.74. The highest BCUT2D eigenvalue weighted by atomic mass is 32.1. The molecule has 2 aromatic carbocycles. The van der Waals surface area contributed by atoms with Crippen LogP contribution in [0, 0.1) is 18.7 Å². The molecule has 0 fully saturated rings. The van der Waals surface area contributed by atoms with Crippen molar-refractivity contribution >= 4 is 28.8 Å². The minimum Gasteiger partial charge on any atom is -0.296 e. The molecule has 4 aromatic rings. The number of Topliss-reactive ketones (excluding diaryl/α,β-unsaturated/α-hetero) is 1. The first-order valence-electron chi connectivity index (χ1n) is 11.9. The molecule has 0 saturated heterocycles. The third-order valence-electron chi connectivity index (χ3n) is 6.62. The molecule has 2 atom stereocenters. The van der Waals surface area contributed by atoms with Gasteiger partial charge < -0.3 is 0 Å². The first-order valence-corrected chi connectivity index (χ1v) is 12.8. The molecule has 196 valence electrons. The molecule has 1 aliphatic rings. The number of anilines is 1. The highest BCUT2D eigenvalue weighted by Crippen LogP contribution is 2.47. The Morgan fingerprint density at radius 1 is 1.08 bits per heavy atom. The number of aryl methyl sites for hydroxylation is 1. The molecule has 6 nitrogen and oxygen atoms in total. The van der Waals surface area contributed by atoms with Gasteiger partial charge in [-0.3, -0.25) is 14.5 Å². The quantitative estimate of drug-likeness (QED) is 0.216. The van der Waals surface area contributed by atoms with Gasteiger partial charge in [0.1, 0.15) is 17.3 Å². The third kappa shape index (κ3) is 4.51. The fourth-order valence-electron chi connectivity index (χ4n) is 4.96. The fourth-order valence-corrected chi connectivity index (χ4v) is 5.66. The average Bonchev–Trinajstić information content (AvgIpc) is 3.52. The van der Waals surface area contributed by atoms with E-state index in [1.807, 2.05) is 30.3 Å². The average molecular weight is 543 g/mol. The maximum atomic E-state index is 14.0. The van der Waals surface area contributed by atoms with Gasteiger partial charge in [-0.25, -0.2) is 14.1 Å². The molecular formula is C27H22F4N4O2S. The van der Waals surface area contributed by atoms with Crippen molar-refractivity contribution < 1.29 is 27.2 Å². The van der Waals surface area contributed by atoms with Crippen LogP contribution < -0.4 is 4.90 Å². The number of halogens is 4. The Hall–Kier alpha value is -3.86. The number of aromatic nitrogens is 3. The third-order valence-corrected chi connectivity index (χ3v) is 7.50. The number of hydrogen-bond donors (Lipinski definition) is 0. The van der Waals surface area contributed by atoms with Crippen LogP contribution >= 0.6 is 11.3 Å². The summed E-state index contributed by atoms with van der Waals surface area (Å²) >= 11 is 0.336. The number of rotatable bonds is 6. The minimum absolute atomic E-state index is 0.277. The monoisotopic (exact) mass is 542 g/mol. The number of alkyl halides is 3. The van der Waals surface area contributed by atoms with Crippen molar-refractivity contribution in [2.75, 3.05) is 11.4 Å². The molecule has 0 radical (unpaired) electrons. The lowest BCUT2D eigenvalue weighted by molar-refractivity contribution is -0.137. The number of carbonyl (C=O) groups is 2. The maximum Gasteiger partial charge on any atom is 0.443 e. The number of fused-ring (bicyclic) bond motifs is 1. The number of ketones is 1. The zero-order valence-electron chi connectivity index (χ0n) is 20.4. The Kier molecular flexibility index (Phi) is 6.64. The summed E-state index contributed by atoms with van der Waals surface area (Å²) in [7, 11) is 0. The van der Waals surface area contributed by atoms with E-state index in [1.165, 1.54) is 12.1 Å². The molecular weight excluding hydrogens is 520 g/mol. The van der Waals surface area contributed by atoms with Crippen molar-refractivity contribution in [3.8, 4) is 5.69 Å². The summed E-state index contributed by atoms with van der Waals surface area (Å²) < 4.78 is 54.8. The van der Waals surface area contributed by atoms with Crippen LogP contribution in [0.25, 0.3) is 5.69 Å². The van der Waals surface area contributed by atoms with E-state index in [0.717, 1.165) is 11.1 Å². The molecule has 0 bridgehead atoms. The highest BCUT2D eigenvalue weighted by Gasteiger charge is 2.46. The smallest absolute Gasteiger partial charge is 0.296 e. The van der Waals surface area contributed by atoms with Crippen molar-refractivity contribution in [1.82, 2.24) is 14.8 Å². The summed E-state index contributed by atoms with van der Waals surface area (Å²) in [6.07, 6.45) is -5.04. The van der Waals surface area contributed by atoms with E-state index in [2.05, 4.69) is 4.98 Å². The lowest BCUT2D eigenvalue weighted by Crippen LogP contribution is -2.45. The Morgan fingerprint density at radius 3 is 2.37 bits per heavy atom. The van der Waals surface area contributed by atoms with Crippen LogP contribution in [-0.4, -0.2) is 33.0 Å². The number of amides is 1. The molecule has 0 N–H and O–H groups in total. The van der Waals surface area contributed by atoms with Crippen LogP contribution in [-0.2, 0) is 11.0 Å². The van der Waals surface area contributed by atoms with Crippen molar-refractivity contribution in [1.29, 1.82) is 0 Å². The number of hydrogen-bond acceptors (Lipinski definition) is 5. The summed E-state index contributed by atoms with van der Waals surface area (Å²) in [5, 5.41) is 4.66. The van der Waals surface area contributed by atoms with Crippen molar-refractivity contribution in [3.63, 3.8) is 0 Å². The van der Waals surface area contributed by atoms with E-state index in [0.29, 0.717) is 34.0 Å². The van der Waals surface area contributed by atoms with Crippen LogP contribution in [0.3, 0.4) is 0 Å². The Morgan fingerprint density at radius 2 is 1.76 bits per heavy atom. The zero-order valence-corrected chi connectivity index (χ0v) is 21.2. The Bertz CT molecular complexity index is 1500. The lowest BCUT2D eigenvalue weighted by Gasteiger charge is -2.38. The van der Waals surface area contributed by atoms with E-state index < -0.39 is 34.6 Å². The number of benzene rings is 2. The second kappa shape index (κ2) is 9.79. The second-order valence-corrected chi connectivity index (χ2v) is 9.81. The van der Waals surface area contributed by atoms with E-state index in [9.17, 15) is 27.2 Å². The largest absolute Gasteiger partial charge is 0.443 e. The van der Waals surface area contributed by atoms with Gasteiger partial charge in [-0.05, 0) is 43.7 Å². The number of para-hydroxylation sites is 1. The molecule has 0 spiro atoms. The Balaban J connectivity index is 1.64. The number of nitrogens with zero attached hydrogens (tertiary/aromatic N) is 4. The molecule has 1 aliphatic heterocycles. The van der Waals surface area contributed by atoms with Crippen LogP contribution in [0.2, 0.25) is 0 Å². The van der Waals surface area contributed by atoms with E-state index in [-0.39, 0.29) is 24.6 Å². The summed E-state index contributed by atoms with van der Waals surface area (Å²) in [6.45, 7) is 3.87. The van der Waals surface area contributed by atoms with Crippen LogP contribution in [0.15, 0.2) is 60.0 Å². The fraction of sp³-hybridized carbons (Fsp3) is 0.259. The first kappa shape index (κ1) is 25.8. The molecule has 1 amide bonds. The molecule has 11 heteroatoms. The van der Waals surface area contributed by atoms with E-state index >= 15 is 0 Å². The number of thiazole rings is 1. The van der Waals surface area contributed by atoms with Gasteiger partial charge in [0.25, 0.3) is 0 Å². The molecule has 38 heavy (non-hydrogen) atoms. The van der Waals surface area contributed by atoms with Gasteiger partial charge in [0, 0.05) is 29.8 Å². The van der Waals surface area contributed by atoms with Gasteiger partial charge >= 0.3 is 6.18 Å². The summed E-state index contributed by atoms with van der Waals surface area (Å²) in [5.74, 6) is -2.59. The summed E-state index contributed by atoms with van der Waals surface area (Å²) in [4.78, 5) is 32.2. The predicted octanol–water partition coefficient (Wildman–Crippen LogP) is 6.18.